The lowest BCUT2D eigenvalue weighted by atomic mass is 10.1. The van der Waals surface area contributed by atoms with Gasteiger partial charge in [0.15, 0.2) is 0 Å². The minimum Gasteiger partial charge on any atom is -0.376 e. The number of rotatable bonds is 4. The fourth-order valence-corrected chi connectivity index (χ4v) is 2.09. The molecule has 0 aliphatic carbocycles. The summed E-state index contributed by atoms with van der Waals surface area (Å²) in [5.41, 5.74) is 1.10. The monoisotopic (exact) mass is 210 g/mol. The van der Waals surface area contributed by atoms with Crippen molar-refractivity contribution < 1.29 is 4.74 Å². The molecule has 1 aromatic heterocycles. The van der Waals surface area contributed by atoms with Crippen LogP contribution in [0.1, 0.15) is 31.5 Å². The number of nitrogens with zero attached hydrogens (tertiary/aromatic N) is 3. The summed E-state index contributed by atoms with van der Waals surface area (Å²) in [6.07, 6.45) is 4.34. The second-order valence-electron chi connectivity index (χ2n) is 3.87. The summed E-state index contributed by atoms with van der Waals surface area (Å²) in [5, 5.41) is 11.3. The van der Waals surface area contributed by atoms with Gasteiger partial charge in [-0.25, -0.2) is 0 Å². The van der Waals surface area contributed by atoms with Crippen molar-refractivity contribution in [2.24, 2.45) is 7.05 Å². The highest BCUT2D eigenvalue weighted by Gasteiger charge is 2.28. The molecule has 1 fully saturated rings. The zero-order valence-electron chi connectivity index (χ0n) is 9.31. The van der Waals surface area contributed by atoms with Crippen LogP contribution >= 0.6 is 0 Å². The van der Waals surface area contributed by atoms with E-state index in [9.17, 15) is 0 Å². The Hall–Kier alpha value is -0.940. The molecule has 0 aromatic carbocycles. The predicted octanol–water partition coefficient (Wildman–Crippen LogP) is 0.645. The van der Waals surface area contributed by atoms with Crippen molar-refractivity contribution >= 4 is 0 Å². The molecule has 5 nitrogen and oxygen atoms in total. The molecule has 2 heterocycles. The molecule has 1 aliphatic heterocycles. The van der Waals surface area contributed by atoms with Gasteiger partial charge in [-0.3, -0.25) is 4.68 Å². The molecule has 2 unspecified atom stereocenters. The third-order valence-electron chi connectivity index (χ3n) is 2.83. The van der Waals surface area contributed by atoms with Crippen LogP contribution < -0.4 is 5.32 Å². The first-order chi connectivity index (χ1) is 7.33. The summed E-state index contributed by atoms with van der Waals surface area (Å²) in [6, 6.07) is 0.220. The third kappa shape index (κ3) is 2.18. The number of hydrogen-bond donors (Lipinski definition) is 1. The maximum atomic E-state index is 5.72. The molecule has 2 rings (SSSR count). The lowest BCUT2D eigenvalue weighted by Crippen LogP contribution is -2.33. The maximum absolute atomic E-state index is 5.72. The van der Waals surface area contributed by atoms with E-state index in [2.05, 4.69) is 22.6 Å². The second kappa shape index (κ2) is 4.72. The van der Waals surface area contributed by atoms with Crippen LogP contribution in [0.25, 0.3) is 0 Å². The van der Waals surface area contributed by atoms with Crippen molar-refractivity contribution in [1.29, 1.82) is 0 Å². The minimum absolute atomic E-state index is 0.220. The van der Waals surface area contributed by atoms with Crippen LogP contribution in [0.4, 0.5) is 0 Å². The molecule has 0 bridgehead atoms. The molecule has 5 heteroatoms. The standard InChI is InChI=1S/C10H18N4O/c1-3-11-10(9-5-4-6-15-9)8-7-12-13-14(8)2/h7,9-11H,3-6H2,1-2H3. The Morgan fingerprint density at radius 3 is 3.13 bits per heavy atom. The Morgan fingerprint density at radius 2 is 2.60 bits per heavy atom. The highest BCUT2D eigenvalue weighted by molar-refractivity contribution is 5.05. The van der Waals surface area contributed by atoms with Crippen molar-refractivity contribution in [1.82, 2.24) is 20.3 Å². The number of hydrogen-bond acceptors (Lipinski definition) is 4. The van der Waals surface area contributed by atoms with Crippen LogP contribution in [-0.4, -0.2) is 34.2 Å². The van der Waals surface area contributed by atoms with E-state index in [1.165, 1.54) is 0 Å². The first kappa shape index (κ1) is 10.6. The van der Waals surface area contributed by atoms with Gasteiger partial charge in [-0.1, -0.05) is 12.1 Å². The molecule has 1 aromatic rings. The van der Waals surface area contributed by atoms with Crippen LogP contribution in [0, 0.1) is 0 Å². The normalized spacial score (nSPS) is 23.2. The van der Waals surface area contributed by atoms with E-state index < -0.39 is 0 Å². The summed E-state index contributed by atoms with van der Waals surface area (Å²) in [5.74, 6) is 0. The van der Waals surface area contributed by atoms with Crippen LogP contribution in [-0.2, 0) is 11.8 Å². The van der Waals surface area contributed by atoms with Crippen molar-refractivity contribution in [2.45, 2.75) is 31.9 Å². The molecule has 0 radical (unpaired) electrons. The van der Waals surface area contributed by atoms with Crippen molar-refractivity contribution in [3.05, 3.63) is 11.9 Å². The minimum atomic E-state index is 0.220. The molecule has 1 N–H and O–H groups in total. The Labute approximate surface area is 89.8 Å². The predicted molar refractivity (Wildman–Crippen MR) is 56.4 cm³/mol. The van der Waals surface area contributed by atoms with Gasteiger partial charge in [0.2, 0.25) is 0 Å². The lowest BCUT2D eigenvalue weighted by Gasteiger charge is -2.23. The van der Waals surface area contributed by atoms with Crippen LogP contribution in [0.2, 0.25) is 0 Å². The number of ether oxygens (including phenoxy) is 1. The quantitative estimate of drug-likeness (QED) is 0.792. The fourth-order valence-electron chi connectivity index (χ4n) is 2.09. The number of nitrogens with one attached hydrogen (secondary N) is 1. The van der Waals surface area contributed by atoms with Gasteiger partial charge in [0, 0.05) is 13.7 Å². The smallest absolute Gasteiger partial charge is 0.0786 e. The van der Waals surface area contributed by atoms with Gasteiger partial charge in [0.05, 0.1) is 24.0 Å². The van der Waals surface area contributed by atoms with E-state index in [0.717, 1.165) is 31.7 Å². The van der Waals surface area contributed by atoms with Gasteiger partial charge in [-0.05, 0) is 19.4 Å². The Kier molecular flexibility index (Phi) is 3.33. The number of aryl methyl sites for hydroxylation is 1. The topological polar surface area (TPSA) is 52.0 Å². The van der Waals surface area contributed by atoms with Gasteiger partial charge >= 0.3 is 0 Å². The second-order valence-corrected chi connectivity index (χ2v) is 3.87. The average Bonchev–Trinajstić information content (AvgIpc) is 2.85. The van der Waals surface area contributed by atoms with Gasteiger partial charge < -0.3 is 10.1 Å². The molecular formula is C10H18N4O. The Morgan fingerprint density at radius 1 is 1.73 bits per heavy atom. The largest absolute Gasteiger partial charge is 0.376 e. The molecule has 0 spiro atoms. The van der Waals surface area contributed by atoms with E-state index >= 15 is 0 Å². The van der Waals surface area contributed by atoms with Crippen LogP contribution in [0.15, 0.2) is 6.20 Å². The lowest BCUT2D eigenvalue weighted by molar-refractivity contribution is 0.0763. The molecule has 1 aliphatic rings. The summed E-state index contributed by atoms with van der Waals surface area (Å²) in [4.78, 5) is 0. The van der Waals surface area contributed by atoms with Gasteiger partial charge in [0.25, 0.3) is 0 Å². The molecule has 1 saturated heterocycles. The van der Waals surface area contributed by atoms with Gasteiger partial charge in [-0.2, -0.15) is 0 Å². The van der Waals surface area contributed by atoms with E-state index in [1.54, 1.807) is 0 Å². The van der Waals surface area contributed by atoms with Gasteiger partial charge in [0.1, 0.15) is 0 Å². The summed E-state index contributed by atoms with van der Waals surface area (Å²) in [7, 11) is 1.92. The SMILES string of the molecule is CCNC(c1cnnn1C)C1CCCO1. The summed E-state index contributed by atoms with van der Waals surface area (Å²) in [6.45, 7) is 3.90. The van der Waals surface area contributed by atoms with Crippen molar-refractivity contribution in [3.8, 4) is 0 Å². The third-order valence-corrected chi connectivity index (χ3v) is 2.83. The van der Waals surface area contributed by atoms with Crippen molar-refractivity contribution in [2.75, 3.05) is 13.2 Å². The molecule has 0 amide bonds. The van der Waals surface area contributed by atoms with Gasteiger partial charge in [-0.15, -0.1) is 5.10 Å². The molecule has 0 saturated carbocycles. The summed E-state index contributed by atoms with van der Waals surface area (Å²) >= 11 is 0. The maximum Gasteiger partial charge on any atom is 0.0786 e. The molecule has 84 valence electrons. The average molecular weight is 210 g/mol. The summed E-state index contributed by atoms with van der Waals surface area (Å²) < 4.78 is 7.53. The molecule has 15 heavy (non-hydrogen) atoms. The zero-order chi connectivity index (χ0) is 10.7. The van der Waals surface area contributed by atoms with E-state index in [4.69, 9.17) is 4.74 Å². The van der Waals surface area contributed by atoms with E-state index in [1.807, 2.05) is 17.9 Å². The zero-order valence-corrected chi connectivity index (χ0v) is 9.31. The first-order valence-corrected chi connectivity index (χ1v) is 5.52. The highest BCUT2D eigenvalue weighted by atomic mass is 16.5. The van der Waals surface area contributed by atoms with E-state index in [-0.39, 0.29) is 12.1 Å². The fraction of sp³-hybridized carbons (Fsp3) is 0.800. The highest BCUT2D eigenvalue weighted by Crippen LogP contribution is 2.25. The number of aromatic nitrogens is 3. The van der Waals surface area contributed by atoms with Crippen LogP contribution in [0.5, 0.6) is 0 Å². The molecule has 2 atom stereocenters. The molecular weight excluding hydrogens is 192 g/mol. The first-order valence-electron chi connectivity index (χ1n) is 5.52. The van der Waals surface area contributed by atoms with Crippen molar-refractivity contribution in [3.63, 3.8) is 0 Å². The Balaban J connectivity index is 2.15. The van der Waals surface area contributed by atoms with Crippen LogP contribution in [0.3, 0.4) is 0 Å². The Bertz CT molecular complexity index is 306. The van der Waals surface area contributed by atoms with E-state index in [0.29, 0.717) is 0 Å². The number of likely N-dealkylation sites (N-methyl/N-ethyl adjacent to an activating group) is 1.